The molecule has 0 saturated carbocycles. The Kier molecular flexibility index (Phi) is 4.83. The summed E-state index contributed by atoms with van der Waals surface area (Å²) < 4.78 is 12.7. The van der Waals surface area contributed by atoms with Crippen LogP contribution < -0.4 is 14.8 Å². The third kappa shape index (κ3) is 3.42. The van der Waals surface area contributed by atoms with Crippen molar-refractivity contribution in [2.45, 2.75) is 26.0 Å². The zero-order chi connectivity index (χ0) is 14.7. The Morgan fingerprint density at radius 2 is 2.33 bits per heavy atom. The number of ether oxygens (including phenoxy) is 2. The molecule has 0 radical (unpaired) electrons. The molecule has 0 spiro atoms. The van der Waals surface area contributed by atoms with Gasteiger partial charge in [-0.15, -0.1) is 11.3 Å². The maximum absolute atomic E-state index is 5.85. The summed E-state index contributed by atoms with van der Waals surface area (Å²) in [5.41, 5.74) is 1.23. The summed E-state index contributed by atoms with van der Waals surface area (Å²) in [7, 11) is 0. The van der Waals surface area contributed by atoms with E-state index in [0.29, 0.717) is 19.3 Å². The van der Waals surface area contributed by atoms with Crippen molar-refractivity contribution in [2.75, 3.05) is 13.2 Å². The third-order valence-corrected chi connectivity index (χ3v) is 5.37. The first-order chi connectivity index (χ1) is 10.3. The molecule has 5 heteroatoms. The average Bonchev–Trinajstić information content (AvgIpc) is 3.09. The molecule has 3 rings (SSSR count). The van der Waals surface area contributed by atoms with Crippen molar-refractivity contribution in [3.63, 3.8) is 0 Å². The number of halogens is 1. The van der Waals surface area contributed by atoms with Gasteiger partial charge in [-0.05, 0) is 52.5 Å². The predicted octanol–water partition coefficient (Wildman–Crippen LogP) is 4.52. The fourth-order valence-corrected chi connectivity index (χ4v) is 3.72. The van der Waals surface area contributed by atoms with E-state index >= 15 is 0 Å². The number of hydrogen-bond donors (Lipinski definition) is 1. The molecule has 3 nitrogen and oxygen atoms in total. The normalized spacial score (nSPS) is 16.6. The van der Waals surface area contributed by atoms with Crippen LogP contribution in [0.5, 0.6) is 11.5 Å². The molecule has 1 aromatic heterocycles. The fourth-order valence-electron chi connectivity index (χ4n) is 2.34. The predicted molar refractivity (Wildman–Crippen MR) is 89.3 cm³/mol. The highest BCUT2D eigenvalue weighted by atomic mass is 79.9. The van der Waals surface area contributed by atoms with Crippen molar-refractivity contribution in [2.24, 2.45) is 0 Å². The highest BCUT2D eigenvalue weighted by Crippen LogP contribution is 2.35. The van der Waals surface area contributed by atoms with Crippen molar-refractivity contribution >= 4 is 27.3 Å². The molecule has 1 atom stereocenters. The van der Waals surface area contributed by atoms with Crippen LogP contribution in [-0.4, -0.2) is 13.2 Å². The van der Waals surface area contributed by atoms with Gasteiger partial charge in [0.15, 0.2) is 0 Å². The minimum Gasteiger partial charge on any atom is -0.491 e. The van der Waals surface area contributed by atoms with Crippen LogP contribution in [0.25, 0.3) is 0 Å². The molecule has 0 aliphatic carbocycles. The summed E-state index contributed by atoms with van der Waals surface area (Å²) in [4.78, 5) is 1.19. The molecule has 1 aliphatic rings. The van der Waals surface area contributed by atoms with Crippen molar-refractivity contribution in [1.82, 2.24) is 5.32 Å². The lowest BCUT2D eigenvalue weighted by Gasteiger charge is -2.11. The molecule has 1 aromatic carbocycles. The van der Waals surface area contributed by atoms with Crippen LogP contribution >= 0.6 is 27.3 Å². The van der Waals surface area contributed by atoms with E-state index < -0.39 is 0 Å². The van der Waals surface area contributed by atoms with E-state index in [1.54, 1.807) is 11.3 Å². The van der Waals surface area contributed by atoms with E-state index in [9.17, 15) is 0 Å². The molecule has 1 aliphatic heterocycles. The highest BCUT2D eigenvalue weighted by molar-refractivity contribution is 9.10. The second kappa shape index (κ2) is 6.81. The summed E-state index contributed by atoms with van der Waals surface area (Å²) in [5.74, 6) is 1.79. The van der Waals surface area contributed by atoms with Gasteiger partial charge in [0.05, 0.1) is 10.9 Å². The largest absolute Gasteiger partial charge is 0.491 e. The van der Waals surface area contributed by atoms with E-state index in [1.165, 1.54) is 10.4 Å². The SMILES string of the molecule is CCCNC1COc2cc(OCc3sccc3Br)ccc21. The van der Waals surface area contributed by atoms with E-state index in [0.717, 1.165) is 28.9 Å². The number of benzene rings is 1. The molecule has 0 bridgehead atoms. The van der Waals surface area contributed by atoms with Crippen LogP contribution in [0.1, 0.15) is 29.8 Å². The van der Waals surface area contributed by atoms with Crippen LogP contribution in [0.15, 0.2) is 34.1 Å². The highest BCUT2D eigenvalue weighted by Gasteiger charge is 2.23. The standard InChI is InChI=1S/C16H18BrNO2S/c1-2-6-18-14-9-20-15-8-11(3-4-12(14)15)19-10-16-13(17)5-7-21-16/h3-5,7-8,14,18H,2,6,9-10H2,1H3. The molecule has 2 heterocycles. The number of hydrogen-bond acceptors (Lipinski definition) is 4. The zero-order valence-electron chi connectivity index (χ0n) is 11.9. The Morgan fingerprint density at radius 1 is 1.43 bits per heavy atom. The van der Waals surface area contributed by atoms with Crippen LogP contribution in [-0.2, 0) is 6.61 Å². The minimum atomic E-state index is 0.306. The average molecular weight is 368 g/mol. The third-order valence-electron chi connectivity index (χ3n) is 3.47. The Balaban J connectivity index is 1.65. The minimum absolute atomic E-state index is 0.306. The van der Waals surface area contributed by atoms with Gasteiger partial charge in [0.1, 0.15) is 24.7 Å². The van der Waals surface area contributed by atoms with Gasteiger partial charge in [-0.2, -0.15) is 0 Å². The van der Waals surface area contributed by atoms with Crippen molar-refractivity contribution in [3.8, 4) is 11.5 Å². The van der Waals surface area contributed by atoms with Crippen LogP contribution in [0, 0.1) is 0 Å². The lowest BCUT2D eigenvalue weighted by molar-refractivity contribution is 0.298. The van der Waals surface area contributed by atoms with E-state index in [1.807, 2.05) is 18.2 Å². The molecule has 1 unspecified atom stereocenters. The van der Waals surface area contributed by atoms with E-state index in [-0.39, 0.29) is 0 Å². The second-order valence-electron chi connectivity index (χ2n) is 5.00. The number of rotatable bonds is 6. The summed E-state index contributed by atoms with van der Waals surface area (Å²) in [6, 6.07) is 8.47. The maximum Gasteiger partial charge on any atom is 0.128 e. The Labute approximate surface area is 137 Å². The lowest BCUT2D eigenvalue weighted by Crippen LogP contribution is -2.22. The van der Waals surface area contributed by atoms with Gasteiger partial charge in [0.2, 0.25) is 0 Å². The zero-order valence-corrected chi connectivity index (χ0v) is 14.3. The molecule has 112 valence electrons. The molecule has 21 heavy (non-hydrogen) atoms. The topological polar surface area (TPSA) is 30.5 Å². The fraction of sp³-hybridized carbons (Fsp3) is 0.375. The summed E-state index contributed by atoms with van der Waals surface area (Å²) >= 11 is 5.21. The first kappa shape index (κ1) is 14.9. The maximum atomic E-state index is 5.85. The first-order valence-corrected chi connectivity index (χ1v) is 8.80. The van der Waals surface area contributed by atoms with Crippen molar-refractivity contribution in [3.05, 3.63) is 44.6 Å². The van der Waals surface area contributed by atoms with Gasteiger partial charge < -0.3 is 14.8 Å². The summed E-state index contributed by atoms with van der Waals surface area (Å²) in [6.45, 7) is 4.46. The Bertz CT molecular complexity index is 614. The lowest BCUT2D eigenvalue weighted by atomic mass is 10.1. The quantitative estimate of drug-likeness (QED) is 0.813. The summed E-state index contributed by atoms with van der Waals surface area (Å²) in [6.07, 6.45) is 1.13. The van der Waals surface area contributed by atoms with E-state index in [2.05, 4.69) is 39.6 Å². The van der Waals surface area contributed by atoms with Gasteiger partial charge in [-0.25, -0.2) is 0 Å². The summed E-state index contributed by atoms with van der Waals surface area (Å²) in [5, 5.41) is 5.55. The van der Waals surface area contributed by atoms with Crippen molar-refractivity contribution < 1.29 is 9.47 Å². The van der Waals surface area contributed by atoms with Gasteiger partial charge in [0, 0.05) is 16.1 Å². The Hall–Kier alpha value is -1.04. The van der Waals surface area contributed by atoms with Crippen LogP contribution in [0.3, 0.4) is 0 Å². The molecule has 2 aromatic rings. The molecule has 0 amide bonds. The van der Waals surface area contributed by atoms with Gasteiger partial charge in [0.25, 0.3) is 0 Å². The molecular formula is C16H18BrNO2S. The van der Waals surface area contributed by atoms with Gasteiger partial charge in [-0.3, -0.25) is 0 Å². The van der Waals surface area contributed by atoms with E-state index in [4.69, 9.17) is 9.47 Å². The number of nitrogens with one attached hydrogen (secondary N) is 1. The van der Waals surface area contributed by atoms with Crippen molar-refractivity contribution in [1.29, 1.82) is 0 Å². The molecular weight excluding hydrogens is 350 g/mol. The second-order valence-corrected chi connectivity index (χ2v) is 6.85. The monoisotopic (exact) mass is 367 g/mol. The number of thiophene rings is 1. The van der Waals surface area contributed by atoms with Gasteiger partial charge in [-0.1, -0.05) is 6.92 Å². The molecule has 0 fully saturated rings. The van der Waals surface area contributed by atoms with Crippen LogP contribution in [0.4, 0.5) is 0 Å². The number of fused-ring (bicyclic) bond motifs is 1. The molecule has 0 saturated heterocycles. The Morgan fingerprint density at radius 3 is 3.10 bits per heavy atom. The molecule has 1 N–H and O–H groups in total. The van der Waals surface area contributed by atoms with Crippen LogP contribution in [0.2, 0.25) is 0 Å². The first-order valence-electron chi connectivity index (χ1n) is 7.12. The smallest absolute Gasteiger partial charge is 0.128 e. The van der Waals surface area contributed by atoms with Gasteiger partial charge >= 0.3 is 0 Å².